The van der Waals surface area contributed by atoms with Crippen LogP contribution in [0.15, 0.2) is 71.2 Å². The third kappa shape index (κ3) is 4.04. The van der Waals surface area contributed by atoms with Crippen LogP contribution in [-0.4, -0.2) is 23.3 Å². The van der Waals surface area contributed by atoms with E-state index in [4.69, 9.17) is 23.2 Å². The third-order valence-corrected chi connectivity index (χ3v) is 5.83. The Morgan fingerprint density at radius 3 is 2.48 bits per heavy atom. The second kappa shape index (κ2) is 8.19. The lowest BCUT2D eigenvalue weighted by molar-refractivity contribution is -0.117. The first kappa shape index (κ1) is 20.0. The number of rotatable bonds is 2. The molecule has 0 saturated heterocycles. The van der Waals surface area contributed by atoms with Crippen molar-refractivity contribution < 1.29 is 9.59 Å². The quantitative estimate of drug-likeness (QED) is 0.484. The fourth-order valence-corrected chi connectivity index (χ4v) is 4.18. The Labute approximate surface area is 186 Å². The molecule has 146 valence electrons. The van der Waals surface area contributed by atoms with Gasteiger partial charge in [0.25, 0.3) is 5.91 Å². The minimum Gasteiger partial charge on any atom is -0.324 e. The normalized spacial score (nSPS) is 16.0. The number of nitrogens with zero attached hydrogens (tertiary/aromatic N) is 1. The van der Waals surface area contributed by atoms with Gasteiger partial charge in [0.1, 0.15) is 6.54 Å². The first-order valence-electron chi connectivity index (χ1n) is 8.84. The summed E-state index contributed by atoms with van der Waals surface area (Å²) >= 11 is 15.9. The molecule has 1 heterocycles. The van der Waals surface area contributed by atoms with Crippen molar-refractivity contribution in [2.75, 3.05) is 11.9 Å². The van der Waals surface area contributed by atoms with E-state index in [1.165, 1.54) is 4.90 Å². The van der Waals surface area contributed by atoms with Gasteiger partial charge in [0.2, 0.25) is 5.91 Å². The Morgan fingerprint density at radius 2 is 1.76 bits per heavy atom. The van der Waals surface area contributed by atoms with Gasteiger partial charge in [-0.3, -0.25) is 9.59 Å². The Kier molecular flexibility index (Phi) is 5.63. The molecule has 0 saturated carbocycles. The molecule has 1 unspecified atom stereocenters. The molecule has 1 aliphatic heterocycles. The van der Waals surface area contributed by atoms with E-state index in [-0.39, 0.29) is 18.4 Å². The maximum Gasteiger partial charge on any atom is 0.256 e. The van der Waals surface area contributed by atoms with Crippen molar-refractivity contribution in [3.63, 3.8) is 0 Å². The summed E-state index contributed by atoms with van der Waals surface area (Å²) < 4.78 is 0.844. The minimum absolute atomic E-state index is 0.107. The number of benzene rings is 3. The lowest BCUT2D eigenvalue weighted by atomic mass is 9.95. The molecule has 0 aromatic heterocycles. The van der Waals surface area contributed by atoms with Gasteiger partial charge in [0.15, 0.2) is 0 Å². The van der Waals surface area contributed by atoms with Gasteiger partial charge in [0.05, 0.1) is 16.6 Å². The van der Waals surface area contributed by atoms with E-state index in [0.717, 1.165) is 15.6 Å². The molecule has 0 bridgehead atoms. The van der Waals surface area contributed by atoms with Gasteiger partial charge in [-0.2, -0.15) is 0 Å². The van der Waals surface area contributed by atoms with Crippen molar-refractivity contribution in [3.05, 3.63) is 97.9 Å². The maximum absolute atomic E-state index is 13.5. The molecule has 1 N–H and O–H groups in total. The summed E-state index contributed by atoms with van der Waals surface area (Å²) in [6, 6.07) is 19.2. The molecule has 0 aliphatic carbocycles. The number of hydrogen-bond acceptors (Lipinski definition) is 2. The fourth-order valence-electron chi connectivity index (χ4n) is 3.46. The zero-order valence-electron chi connectivity index (χ0n) is 15.0. The van der Waals surface area contributed by atoms with Crippen LogP contribution in [0, 0.1) is 0 Å². The van der Waals surface area contributed by atoms with Crippen LogP contribution in [0.1, 0.15) is 27.5 Å². The molecular formula is C22H15BrCl2N2O2. The van der Waals surface area contributed by atoms with Gasteiger partial charge < -0.3 is 10.2 Å². The summed E-state index contributed by atoms with van der Waals surface area (Å²) in [6.45, 7) is -0.107. The number of hydrogen-bond donors (Lipinski definition) is 1. The highest BCUT2D eigenvalue weighted by atomic mass is 79.9. The number of carbonyl (C=O) groups is 2. The van der Waals surface area contributed by atoms with Crippen LogP contribution >= 0.6 is 39.1 Å². The van der Waals surface area contributed by atoms with Crippen LogP contribution in [-0.2, 0) is 4.79 Å². The minimum atomic E-state index is -0.498. The average molecular weight is 490 g/mol. The molecule has 29 heavy (non-hydrogen) atoms. The third-order valence-electron chi connectivity index (χ3n) is 4.76. The number of nitrogens with one attached hydrogen (secondary N) is 1. The molecule has 7 heteroatoms. The van der Waals surface area contributed by atoms with Crippen LogP contribution in [0.4, 0.5) is 5.69 Å². The van der Waals surface area contributed by atoms with E-state index in [2.05, 4.69) is 21.2 Å². The van der Waals surface area contributed by atoms with Gasteiger partial charge in [-0.05, 0) is 48.0 Å². The smallest absolute Gasteiger partial charge is 0.256 e. The predicted molar refractivity (Wildman–Crippen MR) is 119 cm³/mol. The Balaban J connectivity index is 1.91. The second-order valence-corrected chi connectivity index (χ2v) is 8.41. The van der Waals surface area contributed by atoms with E-state index < -0.39 is 6.04 Å². The van der Waals surface area contributed by atoms with Gasteiger partial charge in [-0.1, -0.05) is 63.4 Å². The molecule has 0 fully saturated rings. The Hall–Kier alpha value is -2.34. The highest BCUT2D eigenvalue weighted by molar-refractivity contribution is 9.10. The summed E-state index contributed by atoms with van der Waals surface area (Å²) in [4.78, 5) is 27.6. The standard InChI is InChI=1S/C22H15BrCl2N2O2/c23-14-7-10-19-17(11-14)21(13-5-8-15(24)9-6-13)27(12-20(28)26-19)22(29)16-3-1-2-4-18(16)25/h1-11,21H,12H2,(H,26,28). The summed E-state index contributed by atoms with van der Waals surface area (Å²) in [5.41, 5.74) is 2.64. The molecule has 3 aromatic carbocycles. The Morgan fingerprint density at radius 1 is 1.03 bits per heavy atom. The zero-order valence-corrected chi connectivity index (χ0v) is 18.1. The van der Waals surface area contributed by atoms with E-state index in [9.17, 15) is 9.59 Å². The molecule has 2 amide bonds. The van der Waals surface area contributed by atoms with Gasteiger partial charge in [0, 0.05) is 20.7 Å². The average Bonchev–Trinajstić information content (AvgIpc) is 2.84. The number of amides is 2. The van der Waals surface area contributed by atoms with Crippen molar-refractivity contribution >= 4 is 56.6 Å². The van der Waals surface area contributed by atoms with E-state index >= 15 is 0 Å². The molecule has 1 aliphatic rings. The van der Waals surface area contributed by atoms with Crippen molar-refractivity contribution in [2.24, 2.45) is 0 Å². The van der Waals surface area contributed by atoms with Gasteiger partial charge >= 0.3 is 0 Å². The van der Waals surface area contributed by atoms with Crippen molar-refractivity contribution in [2.45, 2.75) is 6.04 Å². The number of anilines is 1. The topological polar surface area (TPSA) is 49.4 Å². The summed E-state index contributed by atoms with van der Waals surface area (Å²) in [5, 5.41) is 3.83. The van der Waals surface area contributed by atoms with Gasteiger partial charge in [-0.15, -0.1) is 0 Å². The number of halogens is 3. The van der Waals surface area contributed by atoms with Crippen LogP contribution in [0.5, 0.6) is 0 Å². The second-order valence-electron chi connectivity index (χ2n) is 6.65. The molecule has 1 atom stereocenters. The van der Waals surface area contributed by atoms with E-state index in [0.29, 0.717) is 21.3 Å². The first-order chi connectivity index (χ1) is 13.9. The van der Waals surface area contributed by atoms with Crippen molar-refractivity contribution in [1.82, 2.24) is 4.90 Å². The molecule has 4 rings (SSSR count). The number of carbonyl (C=O) groups excluding carboxylic acids is 2. The first-order valence-corrected chi connectivity index (χ1v) is 10.4. The number of fused-ring (bicyclic) bond motifs is 1. The summed E-state index contributed by atoms with van der Waals surface area (Å²) in [5.74, 6) is -0.594. The van der Waals surface area contributed by atoms with Crippen LogP contribution in [0.3, 0.4) is 0 Å². The van der Waals surface area contributed by atoms with Crippen LogP contribution < -0.4 is 5.32 Å². The largest absolute Gasteiger partial charge is 0.324 e. The predicted octanol–water partition coefficient (Wildman–Crippen LogP) is 5.94. The molecule has 0 radical (unpaired) electrons. The lowest BCUT2D eigenvalue weighted by Crippen LogP contribution is -2.39. The molecule has 3 aromatic rings. The van der Waals surface area contributed by atoms with Crippen LogP contribution in [0.25, 0.3) is 0 Å². The highest BCUT2D eigenvalue weighted by Crippen LogP contribution is 2.38. The monoisotopic (exact) mass is 488 g/mol. The Bertz CT molecular complexity index is 1100. The van der Waals surface area contributed by atoms with Crippen molar-refractivity contribution in [1.29, 1.82) is 0 Å². The fraction of sp³-hybridized carbons (Fsp3) is 0.0909. The molecular weight excluding hydrogens is 475 g/mol. The summed E-state index contributed by atoms with van der Waals surface area (Å²) in [7, 11) is 0. The van der Waals surface area contributed by atoms with Gasteiger partial charge in [-0.25, -0.2) is 0 Å². The van der Waals surface area contributed by atoms with E-state index in [1.807, 2.05) is 30.3 Å². The highest BCUT2D eigenvalue weighted by Gasteiger charge is 2.34. The zero-order chi connectivity index (χ0) is 20.5. The molecule has 0 spiro atoms. The lowest BCUT2D eigenvalue weighted by Gasteiger charge is -2.31. The summed E-state index contributed by atoms with van der Waals surface area (Å²) in [6.07, 6.45) is 0. The SMILES string of the molecule is O=C1CN(C(=O)c2ccccc2Cl)C(c2ccc(Cl)cc2)c2cc(Br)ccc2N1. The molecule has 4 nitrogen and oxygen atoms in total. The van der Waals surface area contributed by atoms with E-state index in [1.54, 1.807) is 36.4 Å². The van der Waals surface area contributed by atoms with Crippen LogP contribution in [0.2, 0.25) is 10.0 Å². The maximum atomic E-state index is 13.5. The van der Waals surface area contributed by atoms with Crippen molar-refractivity contribution in [3.8, 4) is 0 Å².